The molecule has 1 amide bonds. The Morgan fingerprint density at radius 1 is 1.22 bits per heavy atom. The fourth-order valence-corrected chi connectivity index (χ4v) is 1.94. The first-order chi connectivity index (χ1) is 10.9. The molecule has 0 fully saturated rings. The first kappa shape index (κ1) is 16.3. The van der Waals surface area contributed by atoms with Crippen LogP contribution in [-0.4, -0.2) is 16.9 Å². The molecule has 0 bridgehead atoms. The third-order valence-electron chi connectivity index (χ3n) is 2.97. The molecule has 120 valence electrons. The standard InChI is InChI=1S/C16H17N3O4/c1-10(2)23-13-6-4-12(5-7-13)18-16(20)11-3-8-14(17)15(9-11)19(21)22/h3-10H,17H2,1-2H3,(H,18,20). The van der Waals surface area contributed by atoms with Crippen LogP contribution >= 0.6 is 0 Å². The molecule has 7 heteroatoms. The summed E-state index contributed by atoms with van der Waals surface area (Å²) in [4.78, 5) is 22.4. The number of carbonyl (C=O) groups is 1. The summed E-state index contributed by atoms with van der Waals surface area (Å²) < 4.78 is 5.51. The van der Waals surface area contributed by atoms with Crippen molar-refractivity contribution in [3.8, 4) is 5.75 Å². The number of nitrogens with two attached hydrogens (primary N) is 1. The minimum atomic E-state index is -0.621. The summed E-state index contributed by atoms with van der Waals surface area (Å²) in [5.74, 6) is 0.242. The number of hydrogen-bond donors (Lipinski definition) is 2. The van der Waals surface area contributed by atoms with Crippen LogP contribution in [-0.2, 0) is 0 Å². The maximum absolute atomic E-state index is 12.2. The minimum absolute atomic E-state index is 0.0155. The predicted octanol–water partition coefficient (Wildman–Crippen LogP) is 3.22. The molecule has 0 saturated carbocycles. The summed E-state index contributed by atoms with van der Waals surface area (Å²) in [6.07, 6.45) is 0.0609. The molecule has 0 aliphatic rings. The molecule has 7 nitrogen and oxygen atoms in total. The van der Waals surface area contributed by atoms with Crippen LogP contribution in [0.4, 0.5) is 17.1 Å². The number of nitrogen functional groups attached to an aromatic ring is 1. The van der Waals surface area contributed by atoms with E-state index >= 15 is 0 Å². The van der Waals surface area contributed by atoms with Gasteiger partial charge in [0.1, 0.15) is 11.4 Å². The lowest BCUT2D eigenvalue weighted by molar-refractivity contribution is -0.383. The Balaban J connectivity index is 2.13. The van der Waals surface area contributed by atoms with Crippen molar-refractivity contribution in [2.24, 2.45) is 0 Å². The molecule has 0 saturated heterocycles. The van der Waals surface area contributed by atoms with Crippen LogP contribution in [0.5, 0.6) is 5.75 Å². The predicted molar refractivity (Wildman–Crippen MR) is 87.7 cm³/mol. The highest BCUT2D eigenvalue weighted by molar-refractivity contribution is 6.05. The Bertz CT molecular complexity index is 727. The maximum atomic E-state index is 12.2. The summed E-state index contributed by atoms with van der Waals surface area (Å²) in [5, 5.41) is 13.5. The van der Waals surface area contributed by atoms with E-state index in [1.807, 2.05) is 13.8 Å². The number of anilines is 2. The van der Waals surface area contributed by atoms with E-state index in [9.17, 15) is 14.9 Å². The average Bonchev–Trinajstić information content (AvgIpc) is 2.48. The fraction of sp³-hybridized carbons (Fsp3) is 0.188. The van der Waals surface area contributed by atoms with Crippen molar-refractivity contribution in [2.45, 2.75) is 20.0 Å². The number of amides is 1. The molecule has 0 aliphatic carbocycles. The Kier molecular flexibility index (Phi) is 4.80. The molecule has 0 heterocycles. The highest BCUT2D eigenvalue weighted by Gasteiger charge is 2.15. The van der Waals surface area contributed by atoms with Crippen LogP contribution in [0.3, 0.4) is 0 Å². The van der Waals surface area contributed by atoms with Crippen LogP contribution in [0, 0.1) is 10.1 Å². The van der Waals surface area contributed by atoms with Crippen LogP contribution < -0.4 is 15.8 Å². The molecular weight excluding hydrogens is 298 g/mol. The number of nitro benzene ring substituents is 1. The van der Waals surface area contributed by atoms with Gasteiger partial charge in [0.25, 0.3) is 11.6 Å². The Hall–Kier alpha value is -3.09. The number of hydrogen-bond acceptors (Lipinski definition) is 5. The number of rotatable bonds is 5. The average molecular weight is 315 g/mol. The Morgan fingerprint density at radius 3 is 2.43 bits per heavy atom. The molecule has 0 spiro atoms. The van der Waals surface area contributed by atoms with E-state index in [1.54, 1.807) is 24.3 Å². The summed E-state index contributed by atoms with van der Waals surface area (Å²) in [5.41, 5.74) is 5.96. The van der Waals surface area contributed by atoms with Gasteiger partial charge in [-0.25, -0.2) is 0 Å². The molecule has 23 heavy (non-hydrogen) atoms. The van der Waals surface area contributed by atoms with Gasteiger partial charge in [-0.15, -0.1) is 0 Å². The first-order valence-electron chi connectivity index (χ1n) is 6.99. The van der Waals surface area contributed by atoms with Crippen molar-refractivity contribution in [2.75, 3.05) is 11.1 Å². The lowest BCUT2D eigenvalue weighted by Gasteiger charge is -2.10. The second-order valence-electron chi connectivity index (χ2n) is 5.18. The highest BCUT2D eigenvalue weighted by atomic mass is 16.6. The van der Waals surface area contributed by atoms with Crippen molar-refractivity contribution < 1.29 is 14.5 Å². The zero-order valence-corrected chi connectivity index (χ0v) is 12.8. The smallest absolute Gasteiger partial charge is 0.292 e. The van der Waals surface area contributed by atoms with Gasteiger partial charge >= 0.3 is 0 Å². The van der Waals surface area contributed by atoms with Crippen LogP contribution in [0.25, 0.3) is 0 Å². The second-order valence-corrected chi connectivity index (χ2v) is 5.18. The van der Waals surface area contributed by atoms with Crippen molar-refractivity contribution in [3.63, 3.8) is 0 Å². The van der Waals surface area contributed by atoms with Crippen LogP contribution in [0.1, 0.15) is 24.2 Å². The van der Waals surface area contributed by atoms with Crippen molar-refractivity contribution in [1.29, 1.82) is 0 Å². The van der Waals surface area contributed by atoms with Gasteiger partial charge in [-0.05, 0) is 50.2 Å². The third-order valence-corrected chi connectivity index (χ3v) is 2.97. The number of nitrogens with one attached hydrogen (secondary N) is 1. The SMILES string of the molecule is CC(C)Oc1ccc(NC(=O)c2ccc(N)c([N+](=O)[O-])c2)cc1. The van der Waals surface area contributed by atoms with Gasteiger partial charge in [0.05, 0.1) is 11.0 Å². The molecule has 2 aromatic carbocycles. The normalized spacial score (nSPS) is 10.4. The van der Waals surface area contributed by atoms with Gasteiger partial charge in [-0.2, -0.15) is 0 Å². The van der Waals surface area contributed by atoms with E-state index in [1.165, 1.54) is 12.1 Å². The number of nitrogens with zero attached hydrogens (tertiary/aromatic N) is 1. The third kappa shape index (κ3) is 4.19. The molecular formula is C16H17N3O4. The quantitative estimate of drug-likeness (QED) is 0.500. The Morgan fingerprint density at radius 2 is 1.87 bits per heavy atom. The summed E-state index contributed by atoms with van der Waals surface area (Å²) in [6.45, 7) is 3.84. The maximum Gasteiger partial charge on any atom is 0.292 e. The largest absolute Gasteiger partial charge is 0.491 e. The topological polar surface area (TPSA) is 107 Å². The summed E-state index contributed by atoms with van der Waals surface area (Å²) in [7, 11) is 0. The van der Waals surface area contributed by atoms with Crippen LogP contribution in [0.15, 0.2) is 42.5 Å². The first-order valence-corrected chi connectivity index (χ1v) is 6.99. The molecule has 0 aromatic heterocycles. The fourth-order valence-electron chi connectivity index (χ4n) is 1.94. The van der Waals surface area contributed by atoms with E-state index < -0.39 is 10.8 Å². The highest BCUT2D eigenvalue weighted by Crippen LogP contribution is 2.23. The molecule has 2 aromatic rings. The van der Waals surface area contributed by atoms with Gasteiger partial charge in [0.2, 0.25) is 0 Å². The van der Waals surface area contributed by atoms with E-state index in [0.29, 0.717) is 11.4 Å². The minimum Gasteiger partial charge on any atom is -0.491 e. The van der Waals surface area contributed by atoms with E-state index in [4.69, 9.17) is 10.5 Å². The lowest BCUT2D eigenvalue weighted by atomic mass is 10.1. The van der Waals surface area contributed by atoms with Crippen molar-refractivity contribution >= 4 is 23.0 Å². The van der Waals surface area contributed by atoms with E-state index in [-0.39, 0.29) is 23.0 Å². The molecule has 0 unspecified atom stereocenters. The van der Waals surface area contributed by atoms with Crippen LogP contribution in [0.2, 0.25) is 0 Å². The van der Waals surface area contributed by atoms with Gasteiger partial charge < -0.3 is 15.8 Å². The van der Waals surface area contributed by atoms with E-state index in [2.05, 4.69) is 5.32 Å². The van der Waals surface area contributed by atoms with Crippen molar-refractivity contribution in [1.82, 2.24) is 0 Å². The number of benzene rings is 2. The summed E-state index contributed by atoms with van der Waals surface area (Å²) in [6, 6.07) is 10.8. The second kappa shape index (κ2) is 6.78. The number of ether oxygens (including phenoxy) is 1. The number of carbonyl (C=O) groups excluding carboxylic acids is 1. The zero-order chi connectivity index (χ0) is 17.0. The molecule has 3 N–H and O–H groups in total. The monoisotopic (exact) mass is 315 g/mol. The van der Waals surface area contributed by atoms with Gasteiger partial charge in [-0.1, -0.05) is 0 Å². The zero-order valence-electron chi connectivity index (χ0n) is 12.8. The van der Waals surface area contributed by atoms with Gasteiger partial charge in [0.15, 0.2) is 0 Å². The van der Waals surface area contributed by atoms with Crippen molar-refractivity contribution in [3.05, 3.63) is 58.1 Å². The Labute approximate surface area is 133 Å². The molecule has 0 atom stereocenters. The molecule has 2 rings (SSSR count). The number of nitro groups is 1. The molecule has 0 radical (unpaired) electrons. The lowest BCUT2D eigenvalue weighted by Crippen LogP contribution is -2.12. The molecule has 0 aliphatic heterocycles. The van der Waals surface area contributed by atoms with Gasteiger partial charge in [0, 0.05) is 17.3 Å². The summed E-state index contributed by atoms with van der Waals surface area (Å²) >= 11 is 0. The van der Waals surface area contributed by atoms with Gasteiger partial charge in [-0.3, -0.25) is 14.9 Å². The van der Waals surface area contributed by atoms with E-state index in [0.717, 1.165) is 6.07 Å².